The molecule has 0 aliphatic carbocycles. The summed E-state index contributed by atoms with van der Waals surface area (Å²) in [7, 11) is 0. The predicted octanol–water partition coefficient (Wildman–Crippen LogP) is 2.97. The lowest BCUT2D eigenvalue weighted by atomic mass is 10.2. The Kier molecular flexibility index (Phi) is 4.46. The number of aromatic nitrogens is 1. The van der Waals surface area contributed by atoms with Crippen LogP contribution in [-0.4, -0.2) is 22.6 Å². The molecule has 106 valence electrons. The van der Waals surface area contributed by atoms with Crippen molar-refractivity contribution in [3.05, 3.63) is 54.0 Å². The number of carboxylic acids is 1. The number of nitrogens with zero attached hydrogens (tertiary/aromatic N) is 3. The van der Waals surface area contributed by atoms with Gasteiger partial charge in [0.05, 0.1) is 18.7 Å². The van der Waals surface area contributed by atoms with Crippen molar-refractivity contribution in [1.29, 1.82) is 5.26 Å². The van der Waals surface area contributed by atoms with E-state index in [2.05, 4.69) is 4.98 Å². The molecule has 5 nitrogen and oxygen atoms in total. The fourth-order valence-electron chi connectivity index (χ4n) is 1.93. The molecule has 2 rings (SSSR count). The van der Waals surface area contributed by atoms with Crippen LogP contribution in [0.1, 0.15) is 16.8 Å². The molecule has 0 aliphatic heterocycles. The van der Waals surface area contributed by atoms with E-state index in [9.17, 15) is 14.3 Å². The van der Waals surface area contributed by atoms with Crippen molar-refractivity contribution < 1.29 is 14.3 Å². The van der Waals surface area contributed by atoms with Crippen LogP contribution < -0.4 is 4.90 Å². The number of halogens is 1. The molecule has 2 aromatic rings. The van der Waals surface area contributed by atoms with Gasteiger partial charge in [0.2, 0.25) is 0 Å². The second-order valence-corrected chi connectivity index (χ2v) is 4.23. The standard InChI is InChI=1S/C15H12FN3O2/c16-11-9-13(15(20)21)14(18-10-11)19(8-4-7-17)12-5-2-1-3-6-12/h1-3,5-6,9-10H,4,8H2,(H,20,21). The number of pyridine rings is 1. The molecule has 0 amide bonds. The average Bonchev–Trinajstić information content (AvgIpc) is 2.49. The quantitative estimate of drug-likeness (QED) is 0.913. The Labute approximate surface area is 120 Å². The van der Waals surface area contributed by atoms with Gasteiger partial charge in [-0.05, 0) is 18.2 Å². The first-order chi connectivity index (χ1) is 10.1. The van der Waals surface area contributed by atoms with Crippen LogP contribution in [0.3, 0.4) is 0 Å². The molecule has 1 aromatic carbocycles. The summed E-state index contributed by atoms with van der Waals surface area (Å²) in [6, 6.07) is 11.9. The Morgan fingerprint density at radius 3 is 2.71 bits per heavy atom. The molecule has 0 bridgehead atoms. The summed E-state index contributed by atoms with van der Waals surface area (Å²) < 4.78 is 13.2. The van der Waals surface area contributed by atoms with Gasteiger partial charge in [-0.25, -0.2) is 14.2 Å². The zero-order chi connectivity index (χ0) is 15.2. The van der Waals surface area contributed by atoms with Gasteiger partial charge in [-0.3, -0.25) is 0 Å². The van der Waals surface area contributed by atoms with Crippen LogP contribution in [0, 0.1) is 17.1 Å². The lowest BCUT2D eigenvalue weighted by Crippen LogP contribution is -2.22. The zero-order valence-corrected chi connectivity index (χ0v) is 11.0. The van der Waals surface area contributed by atoms with Crippen LogP contribution in [-0.2, 0) is 0 Å². The van der Waals surface area contributed by atoms with Crippen LogP contribution in [0.15, 0.2) is 42.6 Å². The first-order valence-corrected chi connectivity index (χ1v) is 6.22. The summed E-state index contributed by atoms with van der Waals surface area (Å²) >= 11 is 0. The summed E-state index contributed by atoms with van der Waals surface area (Å²) in [5.41, 5.74) is 0.450. The predicted molar refractivity (Wildman–Crippen MR) is 74.8 cm³/mol. The lowest BCUT2D eigenvalue weighted by Gasteiger charge is -2.24. The van der Waals surface area contributed by atoms with E-state index >= 15 is 0 Å². The van der Waals surface area contributed by atoms with Crippen molar-refractivity contribution in [2.24, 2.45) is 0 Å². The number of nitriles is 1. The Balaban J connectivity index is 2.52. The van der Waals surface area contributed by atoms with Crippen LogP contribution in [0.25, 0.3) is 0 Å². The smallest absolute Gasteiger partial charge is 0.339 e. The van der Waals surface area contributed by atoms with Crippen molar-refractivity contribution in [1.82, 2.24) is 4.98 Å². The number of carboxylic acid groups (broad SMARTS) is 1. The van der Waals surface area contributed by atoms with Gasteiger partial charge in [0, 0.05) is 12.2 Å². The van der Waals surface area contributed by atoms with Crippen molar-refractivity contribution in [3.8, 4) is 6.07 Å². The van der Waals surface area contributed by atoms with Gasteiger partial charge in [-0.2, -0.15) is 5.26 Å². The first kappa shape index (κ1) is 14.5. The van der Waals surface area contributed by atoms with Crippen molar-refractivity contribution in [2.45, 2.75) is 6.42 Å². The van der Waals surface area contributed by atoms with Crippen molar-refractivity contribution >= 4 is 17.5 Å². The Morgan fingerprint density at radius 2 is 2.10 bits per heavy atom. The lowest BCUT2D eigenvalue weighted by molar-refractivity contribution is 0.0696. The normalized spacial score (nSPS) is 9.90. The SMILES string of the molecule is N#CCCN(c1ccccc1)c1ncc(F)cc1C(=O)O. The van der Waals surface area contributed by atoms with Crippen LogP contribution in [0.2, 0.25) is 0 Å². The third-order valence-corrected chi connectivity index (χ3v) is 2.83. The molecular formula is C15H12FN3O2. The van der Waals surface area contributed by atoms with E-state index in [1.807, 2.05) is 12.1 Å². The Morgan fingerprint density at radius 1 is 1.38 bits per heavy atom. The van der Waals surface area contributed by atoms with E-state index in [1.54, 1.807) is 29.2 Å². The number of rotatable bonds is 5. The molecule has 0 saturated carbocycles. The Hall–Kier alpha value is -2.94. The monoisotopic (exact) mass is 285 g/mol. The minimum Gasteiger partial charge on any atom is -0.478 e. The number of hydrogen-bond acceptors (Lipinski definition) is 4. The molecule has 0 saturated heterocycles. The molecule has 0 atom stereocenters. The fourth-order valence-corrected chi connectivity index (χ4v) is 1.93. The fraction of sp³-hybridized carbons (Fsp3) is 0.133. The first-order valence-electron chi connectivity index (χ1n) is 6.22. The van der Waals surface area contributed by atoms with E-state index in [1.165, 1.54) is 0 Å². The van der Waals surface area contributed by atoms with E-state index in [0.29, 0.717) is 5.69 Å². The number of hydrogen-bond donors (Lipinski definition) is 1. The maximum absolute atomic E-state index is 13.2. The van der Waals surface area contributed by atoms with Gasteiger partial charge in [-0.1, -0.05) is 18.2 Å². The Bertz CT molecular complexity index is 683. The number of para-hydroxylation sites is 1. The summed E-state index contributed by atoms with van der Waals surface area (Å²) in [5.74, 6) is -1.87. The zero-order valence-electron chi connectivity index (χ0n) is 11.0. The second-order valence-electron chi connectivity index (χ2n) is 4.23. The highest BCUT2D eigenvalue weighted by Crippen LogP contribution is 2.27. The molecule has 21 heavy (non-hydrogen) atoms. The average molecular weight is 285 g/mol. The highest BCUT2D eigenvalue weighted by atomic mass is 19.1. The second kappa shape index (κ2) is 6.48. The van der Waals surface area contributed by atoms with Gasteiger partial charge in [0.15, 0.2) is 0 Å². The molecule has 0 aliphatic rings. The molecule has 1 aromatic heterocycles. The molecule has 0 unspecified atom stereocenters. The highest BCUT2D eigenvalue weighted by Gasteiger charge is 2.19. The van der Waals surface area contributed by atoms with Gasteiger partial charge in [0.25, 0.3) is 0 Å². The van der Waals surface area contributed by atoms with Crippen LogP contribution >= 0.6 is 0 Å². The van der Waals surface area contributed by atoms with Crippen molar-refractivity contribution in [2.75, 3.05) is 11.4 Å². The number of carbonyl (C=O) groups is 1. The molecule has 0 spiro atoms. The summed E-state index contributed by atoms with van der Waals surface area (Å²) in [6.07, 6.45) is 1.15. The van der Waals surface area contributed by atoms with Crippen molar-refractivity contribution in [3.63, 3.8) is 0 Å². The number of benzene rings is 1. The van der Waals surface area contributed by atoms with Crippen LogP contribution in [0.4, 0.5) is 15.9 Å². The van der Waals surface area contributed by atoms with E-state index < -0.39 is 11.8 Å². The summed E-state index contributed by atoms with van der Waals surface area (Å²) in [6.45, 7) is 0.263. The molecule has 1 heterocycles. The molecular weight excluding hydrogens is 273 g/mol. The van der Waals surface area contributed by atoms with Gasteiger partial charge < -0.3 is 10.0 Å². The largest absolute Gasteiger partial charge is 0.478 e. The number of anilines is 2. The van der Waals surface area contributed by atoms with E-state index in [4.69, 9.17) is 5.26 Å². The van der Waals surface area contributed by atoms with E-state index in [0.717, 1.165) is 12.3 Å². The minimum atomic E-state index is -1.27. The topological polar surface area (TPSA) is 77.2 Å². The third kappa shape index (κ3) is 3.34. The third-order valence-electron chi connectivity index (χ3n) is 2.83. The number of aromatic carboxylic acids is 1. The van der Waals surface area contributed by atoms with E-state index in [-0.39, 0.29) is 24.3 Å². The maximum Gasteiger partial charge on any atom is 0.339 e. The molecule has 1 N–H and O–H groups in total. The van der Waals surface area contributed by atoms with Crippen LogP contribution in [0.5, 0.6) is 0 Å². The van der Waals surface area contributed by atoms with Gasteiger partial charge in [-0.15, -0.1) is 0 Å². The maximum atomic E-state index is 13.2. The van der Waals surface area contributed by atoms with Gasteiger partial charge in [0.1, 0.15) is 17.2 Å². The molecule has 6 heteroatoms. The summed E-state index contributed by atoms with van der Waals surface area (Å²) in [5, 5.41) is 18.0. The summed E-state index contributed by atoms with van der Waals surface area (Å²) in [4.78, 5) is 16.8. The highest BCUT2D eigenvalue weighted by molar-refractivity contribution is 5.94. The molecule has 0 radical (unpaired) electrons. The molecule has 0 fully saturated rings. The minimum absolute atomic E-state index is 0.116. The van der Waals surface area contributed by atoms with Gasteiger partial charge >= 0.3 is 5.97 Å².